The van der Waals surface area contributed by atoms with Crippen LogP contribution in [0.1, 0.15) is 51.9 Å². The first-order valence-electron chi connectivity index (χ1n) is 13.8. The van der Waals surface area contributed by atoms with Gasteiger partial charge in [-0.25, -0.2) is 0 Å². The Kier molecular flexibility index (Phi) is 9.19. The second-order valence-corrected chi connectivity index (χ2v) is 11.3. The van der Waals surface area contributed by atoms with Crippen molar-refractivity contribution in [2.24, 2.45) is 11.8 Å². The molecule has 3 aliphatic heterocycles. The predicted molar refractivity (Wildman–Crippen MR) is 149 cm³/mol. The minimum Gasteiger partial charge on any atom is -0.465 e. The number of ether oxygens (including phenoxy) is 2. The summed E-state index contributed by atoms with van der Waals surface area (Å²) in [6.07, 6.45) is 7.87. The highest BCUT2D eigenvalue weighted by atomic mass is 35.5. The van der Waals surface area contributed by atoms with E-state index >= 15 is 0 Å². The molecule has 212 valence electrons. The Morgan fingerprint density at radius 2 is 1.90 bits per heavy atom. The highest BCUT2D eigenvalue weighted by Crippen LogP contribution is 2.63. The average Bonchev–Trinajstić information content (AvgIpc) is 3.48. The lowest BCUT2D eigenvalue weighted by molar-refractivity contribution is -0.159. The van der Waals surface area contributed by atoms with Gasteiger partial charge in [0.15, 0.2) is 0 Å². The zero-order valence-electron chi connectivity index (χ0n) is 22.6. The topological polar surface area (TPSA) is 96.4 Å². The third kappa shape index (κ3) is 5.39. The van der Waals surface area contributed by atoms with Crippen LogP contribution in [0.5, 0.6) is 0 Å². The van der Waals surface area contributed by atoms with Gasteiger partial charge in [-0.05, 0) is 63.3 Å². The minimum atomic E-state index is -1.12. The lowest BCUT2D eigenvalue weighted by Crippen LogP contribution is -2.56. The van der Waals surface area contributed by atoms with Crippen LogP contribution in [0.2, 0.25) is 5.02 Å². The Hall–Kier alpha value is -2.68. The van der Waals surface area contributed by atoms with Gasteiger partial charge in [0.1, 0.15) is 17.6 Å². The number of halogens is 1. The molecular weight excluding hydrogens is 520 g/mol. The highest BCUT2D eigenvalue weighted by molar-refractivity contribution is 6.30. The van der Waals surface area contributed by atoms with E-state index in [0.29, 0.717) is 49.4 Å². The van der Waals surface area contributed by atoms with E-state index in [9.17, 15) is 14.4 Å². The first kappa shape index (κ1) is 29.3. The van der Waals surface area contributed by atoms with Crippen molar-refractivity contribution >= 4 is 35.1 Å². The second kappa shape index (κ2) is 12.2. The number of hydrogen-bond donors (Lipinski definition) is 1. The highest BCUT2D eigenvalue weighted by Gasteiger charge is 2.78. The van der Waals surface area contributed by atoms with Crippen LogP contribution in [0.4, 0.5) is 5.69 Å². The van der Waals surface area contributed by atoms with Crippen molar-refractivity contribution in [3.8, 4) is 0 Å². The summed E-state index contributed by atoms with van der Waals surface area (Å²) < 4.78 is 12.2. The Morgan fingerprint density at radius 3 is 2.56 bits per heavy atom. The van der Waals surface area contributed by atoms with Gasteiger partial charge in [-0.2, -0.15) is 0 Å². The Labute approximate surface area is 235 Å². The van der Waals surface area contributed by atoms with Gasteiger partial charge >= 0.3 is 5.97 Å². The molecular formula is C30H39ClN2O6. The number of amides is 2. The van der Waals surface area contributed by atoms with Gasteiger partial charge in [-0.15, -0.1) is 13.2 Å². The number of carbonyl (C=O) groups is 3. The first-order valence-corrected chi connectivity index (χ1v) is 14.2. The Balaban J connectivity index is 1.70. The average molecular weight is 559 g/mol. The fourth-order valence-corrected chi connectivity index (χ4v) is 6.73. The Morgan fingerprint density at radius 1 is 1.18 bits per heavy atom. The van der Waals surface area contributed by atoms with E-state index in [4.69, 9.17) is 26.2 Å². The maximum atomic E-state index is 14.4. The lowest BCUT2D eigenvalue weighted by Gasteiger charge is -2.37. The molecule has 3 fully saturated rings. The van der Waals surface area contributed by atoms with Gasteiger partial charge in [-0.1, -0.05) is 36.6 Å². The fraction of sp³-hybridized carbons (Fsp3) is 0.567. The molecule has 1 aromatic rings. The normalized spacial score (nSPS) is 28.8. The molecule has 1 N–H and O–H groups in total. The molecule has 1 aromatic carbocycles. The van der Waals surface area contributed by atoms with Crippen molar-refractivity contribution in [2.75, 3.05) is 31.2 Å². The maximum absolute atomic E-state index is 14.4. The zero-order chi connectivity index (χ0) is 28.2. The number of rotatable bonds is 14. The van der Waals surface area contributed by atoms with Gasteiger partial charge in [0.05, 0.1) is 18.1 Å². The predicted octanol–water partition coefficient (Wildman–Crippen LogP) is 4.30. The summed E-state index contributed by atoms with van der Waals surface area (Å²) in [4.78, 5) is 45.2. The third-order valence-electron chi connectivity index (χ3n) is 8.35. The molecule has 2 amide bonds. The molecule has 9 heteroatoms. The molecule has 3 saturated heterocycles. The van der Waals surface area contributed by atoms with Crippen molar-refractivity contribution in [1.29, 1.82) is 0 Å². The van der Waals surface area contributed by atoms with Crippen molar-refractivity contribution in [3.63, 3.8) is 0 Å². The third-order valence-corrected chi connectivity index (χ3v) is 8.61. The van der Waals surface area contributed by atoms with Crippen molar-refractivity contribution < 1.29 is 29.0 Å². The molecule has 0 aliphatic carbocycles. The van der Waals surface area contributed by atoms with Gasteiger partial charge in [0.2, 0.25) is 5.91 Å². The standard InChI is InChI=1S/C30H39ClN2O6/c1-4-6-20-38-28(37)24-23-26(35)33(18-9-7-8-10-19-34)25(30(23)16-15-29(24,3)39-30)27(36)32(17-5-2)22-13-11-21(31)12-14-22/h4-5,11-14,23-25,34H,1-2,6-10,15-20H2,3H3/t23-,24+,25?,29-,30?/m0/s1. The molecule has 2 unspecified atom stereocenters. The summed E-state index contributed by atoms with van der Waals surface area (Å²) in [5.74, 6) is -2.56. The first-order chi connectivity index (χ1) is 18.7. The molecule has 5 atom stereocenters. The van der Waals surface area contributed by atoms with Crippen LogP contribution in [0.15, 0.2) is 49.6 Å². The largest absolute Gasteiger partial charge is 0.465 e. The molecule has 8 nitrogen and oxygen atoms in total. The van der Waals surface area contributed by atoms with E-state index in [1.54, 1.807) is 46.2 Å². The molecule has 4 rings (SSSR count). The van der Waals surface area contributed by atoms with Gasteiger partial charge in [0.25, 0.3) is 5.91 Å². The number of nitrogens with zero attached hydrogens (tertiary/aromatic N) is 2. The molecule has 3 aliphatic rings. The molecule has 1 spiro atoms. The molecule has 0 saturated carbocycles. The number of esters is 1. The maximum Gasteiger partial charge on any atom is 0.312 e. The van der Waals surface area contributed by atoms with Gasteiger partial charge in [-0.3, -0.25) is 14.4 Å². The number of likely N-dealkylation sites (tertiary alicyclic amines) is 1. The van der Waals surface area contributed by atoms with Crippen molar-refractivity contribution in [3.05, 3.63) is 54.6 Å². The van der Waals surface area contributed by atoms with Crippen LogP contribution in [-0.4, -0.2) is 71.3 Å². The summed E-state index contributed by atoms with van der Waals surface area (Å²) in [5, 5.41) is 9.68. The van der Waals surface area contributed by atoms with Crippen molar-refractivity contribution in [2.45, 2.75) is 69.1 Å². The molecule has 0 radical (unpaired) electrons. The number of anilines is 1. The number of hydrogen-bond acceptors (Lipinski definition) is 6. The lowest BCUT2D eigenvalue weighted by atomic mass is 9.66. The van der Waals surface area contributed by atoms with Crippen LogP contribution >= 0.6 is 11.6 Å². The summed E-state index contributed by atoms with van der Waals surface area (Å²) in [6, 6.07) is 6.07. The monoisotopic (exact) mass is 558 g/mol. The molecule has 3 heterocycles. The van der Waals surface area contributed by atoms with Crippen LogP contribution in [0.25, 0.3) is 0 Å². The van der Waals surface area contributed by atoms with E-state index in [0.717, 1.165) is 12.8 Å². The number of aliphatic hydroxyl groups excluding tert-OH is 1. The molecule has 39 heavy (non-hydrogen) atoms. The van der Waals surface area contributed by atoms with Crippen LogP contribution in [0.3, 0.4) is 0 Å². The van der Waals surface area contributed by atoms with E-state index in [-0.39, 0.29) is 31.6 Å². The van der Waals surface area contributed by atoms with Crippen LogP contribution in [-0.2, 0) is 23.9 Å². The summed E-state index contributed by atoms with van der Waals surface area (Å²) in [5.41, 5.74) is -1.37. The molecule has 2 bridgehead atoms. The van der Waals surface area contributed by atoms with Crippen LogP contribution in [0, 0.1) is 11.8 Å². The SMILES string of the molecule is C=CCCOC(=O)[C@H]1[C@H]2C(=O)N(CCCCCCO)C(C(=O)N(CC=C)c3ccc(Cl)cc3)C23CC[C@]1(C)O3. The summed E-state index contributed by atoms with van der Waals surface area (Å²) >= 11 is 6.10. The van der Waals surface area contributed by atoms with E-state index in [1.165, 1.54) is 0 Å². The molecule has 0 aromatic heterocycles. The van der Waals surface area contributed by atoms with E-state index < -0.39 is 35.0 Å². The quantitative estimate of drug-likeness (QED) is 0.208. The number of aliphatic hydroxyl groups is 1. The minimum absolute atomic E-state index is 0.120. The van der Waals surface area contributed by atoms with Gasteiger partial charge in [0, 0.05) is 30.4 Å². The zero-order valence-corrected chi connectivity index (χ0v) is 23.4. The number of carbonyl (C=O) groups excluding carboxylic acids is 3. The summed E-state index contributed by atoms with van der Waals surface area (Å²) in [6.45, 7) is 10.3. The number of fused-ring (bicyclic) bond motifs is 1. The summed E-state index contributed by atoms with van der Waals surface area (Å²) in [7, 11) is 0. The van der Waals surface area contributed by atoms with E-state index in [1.807, 2.05) is 6.92 Å². The number of unbranched alkanes of at least 4 members (excludes halogenated alkanes) is 3. The van der Waals surface area contributed by atoms with Crippen molar-refractivity contribution in [1.82, 2.24) is 4.90 Å². The number of benzene rings is 1. The second-order valence-electron chi connectivity index (χ2n) is 10.9. The van der Waals surface area contributed by atoms with Crippen LogP contribution < -0.4 is 4.90 Å². The fourth-order valence-electron chi connectivity index (χ4n) is 6.60. The van der Waals surface area contributed by atoms with Gasteiger partial charge < -0.3 is 24.4 Å². The Bertz CT molecular complexity index is 1090. The van der Waals surface area contributed by atoms with E-state index in [2.05, 4.69) is 13.2 Å². The smallest absolute Gasteiger partial charge is 0.312 e.